The summed E-state index contributed by atoms with van der Waals surface area (Å²) in [6.07, 6.45) is 5.14. The lowest BCUT2D eigenvalue weighted by atomic mass is 9.83. The molecule has 5 heteroatoms. The summed E-state index contributed by atoms with van der Waals surface area (Å²) in [5.41, 5.74) is 5.91. The number of aromatic nitrogens is 2. The van der Waals surface area contributed by atoms with Crippen LogP contribution in [0.4, 0.5) is 5.13 Å². The van der Waals surface area contributed by atoms with Crippen molar-refractivity contribution in [3.63, 3.8) is 0 Å². The Morgan fingerprint density at radius 1 is 1.35 bits per heavy atom. The van der Waals surface area contributed by atoms with E-state index in [0.717, 1.165) is 23.2 Å². The van der Waals surface area contributed by atoms with E-state index in [4.69, 9.17) is 5.73 Å². The minimum Gasteiger partial charge on any atom is -0.344 e. The van der Waals surface area contributed by atoms with Crippen LogP contribution in [0.15, 0.2) is 0 Å². The lowest BCUT2D eigenvalue weighted by Gasteiger charge is -2.38. The summed E-state index contributed by atoms with van der Waals surface area (Å²) in [5, 5.41) is 10.5. The maximum atomic E-state index is 5.91. The molecule has 1 heterocycles. The zero-order valence-corrected chi connectivity index (χ0v) is 11.5. The molecule has 1 aromatic heterocycles. The lowest BCUT2D eigenvalue weighted by molar-refractivity contribution is 0.300. The van der Waals surface area contributed by atoms with Crippen LogP contribution in [-0.2, 0) is 0 Å². The van der Waals surface area contributed by atoms with Crippen molar-refractivity contribution in [2.75, 3.05) is 18.0 Å². The molecule has 2 N–H and O–H groups in total. The highest BCUT2D eigenvalue weighted by Gasteiger charge is 2.30. The molecular formula is C12H22N4S. The summed E-state index contributed by atoms with van der Waals surface area (Å²) < 4.78 is 0. The Kier molecular flexibility index (Phi) is 4.34. The van der Waals surface area contributed by atoms with E-state index in [1.807, 2.05) is 6.92 Å². The molecule has 2 rings (SSSR count). The number of rotatable bonds is 4. The molecule has 0 saturated heterocycles. The SMILES string of the molecule is CCN(c1nnc(C)s1)C1CCCCC1CN. The van der Waals surface area contributed by atoms with Gasteiger partial charge in [0, 0.05) is 12.6 Å². The van der Waals surface area contributed by atoms with Gasteiger partial charge < -0.3 is 10.6 Å². The molecule has 0 radical (unpaired) electrons. The van der Waals surface area contributed by atoms with Gasteiger partial charge >= 0.3 is 0 Å². The predicted octanol–water partition coefficient (Wildman–Crippen LogP) is 2.19. The van der Waals surface area contributed by atoms with E-state index in [1.165, 1.54) is 25.7 Å². The molecule has 0 spiro atoms. The van der Waals surface area contributed by atoms with Crippen LogP contribution in [0, 0.1) is 12.8 Å². The Balaban J connectivity index is 2.16. The van der Waals surface area contributed by atoms with E-state index < -0.39 is 0 Å². The van der Waals surface area contributed by atoms with Crippen LogP contribution in [0.3, 0.4) is 0 Å². The van der Waals surface area contributed by atoms with Crippen LogP contribution in [0.25, 0.3) is 0 Å². The topological polar surface area (TPSA) is 55.0 Å². The highest BCUT2D eigenvalue weighted by Crippen LogP contribution is 2.32. The number of anilines is 1. The molecule has 1 aliphatic carbocycles. The van der Waals surface area contributed by atoms with Gasteiger partial charge in [0.25, 0.3) is 0 Å². The Morgan fingerprint density at radius 2 is 2.12 bits per heavy atom. The van der Waals surface area contributed by atoms with E-state index >= 15 is 0 Å². The molecule has 1 fully saturated rings. The summed E-state index contributed by atoms with van der Waals surface area (Å²) >= 11 is 1.69. The first-order valence-corrected chi connectivity index (χ1v) is 7.34. The molecule has 1 aromatic rings. The van der Waals surface area contributed by atoms with Gasteiger partial charge in [-0.25, -0.2) is 0 Å². The fraction of sp³-hybridized carbons (Fsp3) is 0.833. The molecule has 96 valence electrons. The monoisotopic (exact) mass is 254 g/mol. The zero-order valence-electron chi connectivity index (χ0n) is 10.7. The Bertz CT molecular complexity index is 352. The molecule has 0 bridgehead atoms. The smallest absolute Gasteiger partial charge is 0.208 e. The molecule has 17 heavy (non-hydrogen) atoms. The van der Waals surface area contributed by atoms with Crippen molar-refractivity contribution >= 4 is 16.5 Å². The van der Waals surface area contributed by atoms with Crippen molar-refractivity contribution in [2.24, 2.45) is 11.7 Å². The zero-order chi connectivity index (χ0) is 12.3. The van der Waals surface area contributed by atoms with Gasteiger partial charge in [0.2, 0.25) is 5.13 Å². The van der Waals surface area contributed by atoms with Crippen LogP contribution in [0.1, 0.15) is 37.6 Å². The Hall–Kier alpha value is -0.680. The minimum absolute atomic E-state index is 0.561. The maximum absolute atomic E-state index is 5.91. The molecule has 0 aliphatic heterocycles. The molecule has 1 saturated carbocycles. The highest BCUT2D eigenvalue weighted by molar-refractivity contribution is 7.15. The van der Waals surface area contributed by atoms with Crippen molar-refractivity contribution in [2.45, 2.75) is 45.6 Å². The Morgan fingerprint density at radius 3 is 2.71 bits per heavy atom. The van der Waals surface area contributed by atoms with Gasteiger partial charge in [-0.05, 0) is 39.2 Å². The Labute approximate surface area is 107 Å². The summed E-state index contributed by atoms with van der Waals surface area (Å²) in [7, 11) is 0. The van der Waals surface area contributed by atoms with Gasteiger partial charge in [0.15, 0.2) is 0 Å². The standard InChI is InChI=1S/C12H22N4S/c1-3-16(12-15-14-9(2)17-12)11-7-5-4-6-10(11)8-13/h10-11H,3-8,13H2,1-2H3. The first-order chi connectivity index (χ1) is 8.26. The first kappa shape index (κ1) is 12.8. The second-order valence-electron chi connectivity index (χ2n) is 4.74. The van der Waals surface area contributed by atoms with Gasteiger partial charge in [-0.1, -0.05) is 24.2 Å². The predicted molar refractivity (Wildman–Crippen MR) is 72.5 cm³/mol. The third kappa shape index (κ3) is 2.77. The molecule has 2 atom stereocenters. The van der Waals surface area contributed by atoms with Crippen molar-refractivity contribution in [1.82, 2.24) is 10.2 Å². The van der Waals surface area contributed by atoms with Crippen molar-refractivity contribution in [1.29, 1.82) is 0 Å². The largest absolute Gasteiger partial charge is 0.344 e. The third-order valence-corrected chi connectivity index (χ3v) is 4.55. The number of hydrogen-bond acceptors (Lipinski definition) is 5. The second kappa shape index (κ2) is 5.78. The molecule has 4 nitrogen and oxygen atoms in total. The summed E-state index contributed by atoms with van der Waals surface area (Å²) in [6, 6.07) is 0.561. The van der Waals surface area contributed by atoms with Crippen molar-refractivity contribution in [3.05, 3.63) is 5.01 Å². The fourth-order valence-corrected chi connectivity index (χ4v) is 3.60. The van der Waals surface area contributed by atoms with Gasteiger partial charge in [-0.3, -0.25) is 0 Å². The average molecular weight is 254 g/mol. The second-order valence-corrected chi connectivity index (χ2v) is 5.90. The van der Waals surface area contributed by atoms with E-state index in [9.17, 15) is 0 Å². The third-order valence-electron chi connectivity index (χ3n) is 3.67. The molecular weight excluding hydrogens is 232 g/mol. The van der Waals surface area contributed by atoms with Crippen LogP contribution in [0.5, 0.6) is 0 Å². The van der Waals surface area contributed by atoms with E-state index in [2.05, 4.69) is 22.0 Å². The van der Waals surface area contributed by atoms with Gasteiger partial charge in [-0.2, -0.15) is 0 Å². The average Bonchev–Trinajstić information content (AvgIpc) is 2.77. The van der Waals surface area contributed by atoms with Gasteiger partial charge in [0.1, 0.15) is 5.01 Å². The van der Waals surface area contributed by atoms with Gasteiger partial charge in [-0.15, -0.1) is 10.2 Å². The molecule has 1 aliphatic rings. The first-order valence-electron chi connectivity index (χ1n) is 6.53. The fourth-order valence-electron chi connectivity index (χ4n) is 2.79. The van der Waals surface area contributed by atoms with Crippen molar-refractivity contribution in [3.8, 4) is 0 Å². The molecule has 0 aromatic carbocycles. The quantitative estimate of drug-likeness (QED) is 0.895. The normalized spacial score (nSPS) is 24.9. The van der Waals surface area contributed by atoms with E-state index in [0.29, 0.717) is 12.0 Å². The number of nitrogens with two attached hydrogens (primary N) is 1. The van der Waals surface area contributed by atoms with Gasteiger partial charge in [0.05, 0.1) is 0 Å². The maximum Gasteiger partial charge on any atom is 0.208 e. The van der Waals surface area contributed by atoms with E-state index in [-0.39, 0.29) is 0 Å². The number of aryl methyl sites for hydroxylation is 1. The minimum atomic E-state index is 0.561. The number of nitrogens with zero attached hydrogens (tertiary/aromatic N) is 3. The lowest BCUT2D eigenvalue weighted by Crippen LogP contribution is -2.45. The molecule has 2 unspecified atom stereocenters. The van der Waals surface area contributed by atoms with E-state index in [1.54, 1.807) is 11.3 Å². The summed E-state index contributed by atoms with van der Waals surface area (Å²) in [4.78, 5) is 2.40. The molecule has 0 amide bonds. The van der Waals surface area contributed by atoms with Crippen molar-refractivity contribution < 1.29 is 0 Å². The van der Waals surface area contributed by atoms with Crippen LogP contribution >= 0.6 is 11.3 Å². The van der Waals surface area contributed by atoms with Crippen LogP contribution in [0.2, 0.25) is 0 Å². The summed E-state index contributed by atoms with van der Waals surface area (Å²) in [5.74, 6) is 0.618. The highest BCUT2D eigenvalue weighted by atomic mass is 32.1. The van der Waals surface area contributed by atoms with Crippen LogP contribution in [-0.4, -0.2) is 29.3 Å². The summed E-state index contributed by atoms with van der Waals surface area (Å²) in [6.45, 7) is 5.99. The number of hydrogen-bond donors (Lipinski definition) is 1. The van der Waals surface area contributed by atoms with Crippen LogP contribution < -0.4 is 10.6 Å².